The van der Waals surface area contributed by atoms with E-state index in [1.54, 1.807) is 23.0 Å². The zero-order chi connectivity index (χ0) is 16.3. The molecule has 0 saturated carbocycles. The maximum Gasteiger partial charge on any atom is 0.267 e. The Hall–Kier alpha value is -1.84. The molecule has 0 aliphatic carbocycles. The molecule has 2 rings (SSSR count). The summed E-state index contributed by atoms with van der Waals surface area (Å²) in [5, 5.41) is 0. The average molecular weight is 391 g/mol. The van der Waals surface area contributed by atoms with Gasteiger partial charge in [-0.25, -0.2) is 17.2 Å². The molecule has 2 aromatic carbocycles. The largest absolute Gasteiger partial charge is 0.273 e. The van der Waals surface area contributed by atoms with E-state index in [1.165, 1.54) is 6.07 Å². The van der Waals surface area contributed by atoms with Crippen LogP contribution in [0.1, 0.15) is 10.4 Å². The van der Waals surface area contributed by atoms with Gasteiger partial charge in [0.05, 0.1) is 5.56 Å². The van der Waals surface area contributed by atoms with Crippen molar-refractivity contribution in [2.24, 2.45) is 0 Å². The van der Waals surface area contributed by atoms with Crippen molar-refractivity contribution < 1.29 is 22.0 Å². The molecule has 0 aliphatic rings. The van der Waals surface area contributed by atoms with Gasteiger partial charge in [-0.3, -0.25) is 10.2 Å². The number of benzene rings is 2. The number of sulfonamides is 1. The highest BCUT2D eigenvalue weighted by Gasteiger charge is 2.21. The van der Waals surface area contributed by atoms with Crippen molar-refractivity contribution in [1.82, 2.24) is 10.3 Å². The lowest BCUT2D eigenvalue weighted by atomic mass is 10.2. The Morgan fingerprint density at radius 3 is 2.41 bits per heavy atom. The second kappa shape index (κ2) is 6.51. The molecule has 22 heavy (non-hydrogen) atoms. The standard InChI is InChI=1S/C13H9BrF2N2O3S/c14-10-4-2-1-3-9(10)13(19)17-18-22(20,21)12-6-5-8(15)7-11(12)16/h1-7,18H,(H,17,19). The summed E-state index contributed by atoms with van der Waals surface area (Å²) in [6.45, 7) is 0. The fourth-order valence-corrected chi connectivity index (χ4v) is 2.94. The van der Waals surface area contributed by atoms with Crippen LogP contribution in [0.4, 0.5) is 8.78 Å². The minimum Gasteiger partial charge on any atom is -0.273 e. The predicted octanol–water partition coefficient (Wildman–Crippen LogP) is 2.35. The molecule has 2 N–H and O–H groups in total. The molecular formula is C13H9BrF2N2O3S. The third kappa shape index (κ3) is 3.67. The molecule has 0 atom stereocenters. The van der Waals surface area contributed by atoms with Crippen LogP contribution >= 0.6 is 15.9 Å². The minimum absolute atomic E-state index is 0.185. The summed E-state index contributed by atoms with van der Waals surface area (Å²) in [7, 11) is -4.36. The van der Waals surface area contributed by atoms with E-state index < -0.39 is 32.5 Å². The molecule has 0 unspecified atom stereocenters. The predicted molar refractivity (Wildman–Crippen MR) is 78.3 cm³/mol. The Morgan fingerprint density at radius 1 is 1.09 bits per heavy atom. The Bertz CT molecular complexity index is 828. The summed E-state index contributed by atoms with van der Waals surface area (Å²) in [5.74, 6) is -2.91. The highest BCUT2D eigenvalue weighted by atomic mass is 79.9. The number of halogens is 3. The number of rotatable bonds is 4. The van der Waals surface area contributed by atoms with Crippen LogP contribution in [0.5, 0.6) is 0 Å². The van der Waals surface area contributed by atoms with Crippen molar-refractivity contribution in [3.05, 3.63) is 64.1 Å². The summed E-state index contributed by atoms with van der Waals surface area (Å²) in [6, 6.07) is 8.33. The Kier molecular flexibility index (Phi) is 4.89. The molecule has 0 radical (unpaired) electrons. The molecule has 9 heteroatoms. The van der Waals surface area contributed by atoms with Gasteiger partial charge in [0.2, 0.25) is 0 Å². The summed E-state index contributed by atoms with van der Waals surface area (Å²) < 4.78 is 50.5. The molecule has 0 fully saturated rings. The van der Waals surface area contributed by atoms with Crippen LogP contribution in [0.3, 0.4) is 0 Å². The lowest BCUT2D eigenvalue weighted by Gasteiger charge is -2.10. The molecule has 1 amide bonds. The van der Waals surface area contributed by atoms with E-state index in [9.17, 15) is 22.0 Å². The second-order valence-electron chi connectivity index (χ2n) is 4.11. The van der Waals surface area contributed by atoms with Crippen molar-refractivity contribution >= 4 is 31.9 Å². The van der Waals surface area contributed by atoms with Crippen molar-refractivity contribution in [3.8, 4) is 0 Å². The Morgan fingerprint density at radius 2 is 1.77 bits per heavy atom. The lowest BCUT2D eigenvalue weighted by Crippen LogP contribution is -2.41. The van der Waals surface area contributed by atoms with E-state index in [1.807, 2.05) is 5.43 Å². The number of carbonyl (C=O) groups is 1. The van der Waals surface area contributed by atoms with Crippen molar-refractivity contribution in [3.63, 3.8) is 0 Å². The minimum atomic E-state index is -4.36. The van der Waals surface area contributed by atoms with Crippen LogP contribution in [0.2, 0.25) is 0 Å². The second-order valence-corrected chi connectivity index (χ2v) is 6.62. The normalized spacial score (nSPS) is 11.2. The van der Waals surface area contributed by atoms with Crippen LogP contribution in [0.15, 0.2) is 51.8 Å². The van der Waals surface area contributed by atoms with Crippen molar-refractivity contribution in [2.75, 3.05) is 0 Å². The van der Waals surface area contributed by atoms with Crippen LogP contribution < -0.4 is 10.3 Å². The zero-order valence-electron chi connectivity index (χ0n) is 10.8. The number of hydrogen-bond donors (Lipinski definition) is 2. The highest BCUT2D eigenvalue weighted by molar-refractivity contribution is 9.10. The first kappa shape index (κ1) is 16.5. The van der Waals surface area contributed by atoms with Gasteiger partial charge in [0, 0.05) is 10.5 Å². The van der Waals surface area contributed by atoms with E-state index in [-0.39, 0.29) is 5.56 Å². The molecule has 0 heterocycles. The van der Waals surface area contributed by atoms with Crippen molar-refractivity contribution in [2.45, 2.75) is 4.90 Å². The Labute approximate surface area is 133 Å². The SMILES string of the molecule is O=C(NNS(=O)(=O)c1ccc(F)cc1F)c1ccccc1Br. The van der Waals surface area contributed by atoms with E-state index in [4.69, 9.17) is 0 Å². The maximum atomic E-state index is 13.5. The average Bonchev–Trinajstić information content (AvgIpc) is 2.45. The molecule has 2 aromatic rings. The fraction of sp³-hybridized carbons (Fsp3) is 0. The first-order valence-corrected chi connectivity index (χ1v) is 8.10. The van der Waals surface area contributed by atoms with E-state index in [2.05, 4.69) is 15.9 Å². The third-order valence-corrected chi connectivity index (χ3v) is 4.57. The first-order chi connectivity index (χ1) is 10.3. The summed E-state index contributed by atoms with van der Waals surface area (Å²) in [5.41, 5.74) is 2.14. The van der Waals surface area contributed by atoms with Gasteiger partial charge in [0.1, 0.15) is 16.5 Å². The molecular weight excluding hydrogens is 382 g/mol. The van der Waals surface area contributed by atoms with E-state index in [0.717, 1.165) is 12.1 Å². The third-order valence-electron chi connectivity index (χ3n) is 2.60. The number of amides is 1. The monoisotopic (exact) mass is 390 g/mol. The van der Waals surface area contributed by atoms with Crippen molar-refractivity contribution in [1.29, 1.82) is 0 Å². The molecule has 0 saturated heterocycles. The topological polar surface area (TPSA) is 75.3 Å². The van der Waals surface area contributed by atoms with Gasteiger partial charge < -0.3 is 0 Å². The van der Waals surface area contributed by atoms with Gasteiger partial charge in [-0.15, -0.1) is 4.83 Å². The quantitative estimate of drug-likeness (QED) is 0.786. The number of nitrogens with one attached hydrogen (secondary N) is 2. The van der Waals surface area contributed by atoms with Gasteiger partial charge in [-0.1, -0.05) is 12.1 Å². The number of hydrogen-bond acceptors (Lipinski definition) is 3. The Balaban J connectivity index is 2.17. The van der Waals surface area contributed by atoms with Crippen LogP contribution in [0.25, 0.3) is 0 Å². The van der Waals surface area contributed by atoms with Gasteiger partial charge >= 0.3 is 0 Å². The molecule has 0 aromatic heterocycles. The molecule has 0 aliphatic heterocycles. The smallest absolute Gasteiger partial charge is 0.267 e. The summed E-state index contributed by atoms with van der Waals surface area (Å²) >= 11 is 3.14. The fourth-order valence-electron chi connectivity index (χ4n) is 1.57. The molecule has 0 spiro atoms. The van der Waals surface area contributed by atoms with Crippen LogP contribution in [0, 0.1) is 11.6 Å². The van der Waals surface area contributed by atoms with E-state index in [0.29, 0.717) is 10.5 Å². The molecule has 5 nitrogen and oxygen atoms in total. The van der Waals surface area contributed by atoms with Gasteiger partial charge in [0.15, 0.2) is 0 Å². The van der Waals surface area contributed by atoms with Crippen LogP contribution in [-0.2, 0) is 10.0 Å². The maximum absolute atomic E-state index is 13.5. The molecule has 116 valence electrons. The summed E-state index contributed by atoms with van der Waals surface area (Å²) in [4.78, 5) is 12.8. The number of hydrazine groups is 1. The van der Waals surface area contributed by atoms with Crippen LogP contribution in [-0.4, -0.2) is 14.3 Å². The first-order valence-electron chi connectivity index (χ1n) is 5.83. The molecule has 0 bridgehead atoms. The van der Waals surface area contributed by atoms with Gasteiger partial charge in [-0.2, -0.15) is 0 Å². The zero-order valence-corrected chi connectivity index (χ0v) is 13.2. The van der Waals surface area contributed by atoms with E-state index >= 15 is 0 Å². The van der Waals surface area contributed by atoms with Gasteiger partial charge in [-0.05, 0) is 40.2 Å². The number of carbonyl (C=O) groups excluding carboxylic acids is 1. The van der Waals surface area contributed by atoms with Gasteiger partial charge in [0.25, 0.3) is 15.9 Å². The highest BCUT2D eigenvalue weighted by Crippen LogP contribution is 2.16. The summed E-state index contributed by atoms with van der Waals surface area (Å²) in [6.07, 6.45) is 0. The lowest BCUT2D eigenvalue weighted by molar-refractivity contribution is 0.0944.